The number of hydrogen-bond donors (Lipinski definition) is 2. The number of carbonyl (C=O) groups is 1. The van der Waals surface area contributed by atoms with E-state index < -0.39 is 6.03 Å². The summed E-state index contributed by atoms with van der Waals surface area (Å²) in [6, 6.07) is 11.4. The fraction of sp³-hybridized carbons (Fsp3) is 0.0714. The number of ether oxygens (including phenoxy) is 1. The van der Waals surface area contributed by atoms with Gasteiger partial charge in [0.15, 0.2) is 0 Å². The monoisotopic (exact) mass is 310 g/mol. The standard InChI is InChI=1S/C14H12Cl2N2O2/c1-20-13-6-5-10(16)8-12(13)18-14(19)17-11-4-2-3-9(15)7-11/h2-8H,1H3,(H2,17,18,19). The summed E-state index contributed by atoms with van der Waals surface area (Å²) in [4.78, 5) is 11.9. The third-order valence-corrected chi connectivity index (χ3v) is 2.96. The first-order valence-corrected chi connectivity index (χ1v) is 6.51. The molecule has 2 rings (SSSR count). The van der Waals surface area contributed by atoms with Gasteiger partial charge in [0.25, 0.3) is 0 Å². The molecule has 0 heterocycles. The zero-order chi connectivity index (χ0) is 14.5. The number of amides is 2. The number of rotatable bonds is 3. The maximum atomic E-state index is 11.9. The van der Waals surface area contributed by atoms with E-state index in [0.29, 0.717) is 27.2 Å². The summed E-state index contributed by atoms with van der Waals surface area (Å²) in [5.41, 5.74) is 1.08. The Morgan fingerprint density at radius 2 is 1.80 bits per heavy atom. The number of carbonyl (C=O) groups excluding carboxylic acids is 1. The van der Waals surface area contributed by atoms with E-state index in [1.807, 2.05) is 0 Å². The molecule has 0 radical (unpaired) electrons. The molecule has 20 heavy (non-hydrogen) atoms. The van der Waals surface area contributed by atoms with Gasteiger partial charge in [-0.25, -0.2) is 4.79 Å². The smallest absolute Gasteiger partial charge is 0.323 e. The van der Waals surface area contributed by atoms with Gasteiger partial charge in [-0.15, -0.1) is 0 Å². The van der Waals surface area contributed by atoms with Crippen molar-refractivity contribution < 1.29 is 9.53 Å². The molecular formula is C14H12Cl2N2O2. The fourth-order valence-electron chi connectivity index (χ4n) is 1.63. The molecule has 0 aliphatic carbocycles. The lowest BCUT2D eigenvalue weighted by atomic mass is 10.3. The maximum Gasteiger partial charge on any atom is 0.323 e. The van der Waals surface area contributed by atoms with Crippen LogP contribution in [-0.4, -0.2) is 13.1 Å². The van der Waals surface area contributed by atoms with Gasteiger partial charge in [0, 0.05) is 15.7 Å². The molecule has 6 heteroatoms. The normalized spacial score (nSPS) is 9.95. The van der Waals surface area contributed by atoms with Crippen molar-refractivity contribution in [2.45, 2.75) is 0 Å². The van der Waals surface area contributed by atoms with Crippen LogP contribution >= 0.6 is 23.2 Å². The van der Waals surface area contributed by atoms with Crippen molar-refractivity contribution in [3.8, 4) is 5.75 Å². The van der Waals surface area contributed by atoms with E-state index in [4.69, 9.17) is 27.9 Å². The molecule has 4 nitrogen and oxygen atoms in total. The number of methoxy groups -OCH3 is 1. The van der Waals surface area contributed by atoms with Gasteiger partial charge in [-0.05, 0) is 36.4 Å². The summed E-state index contributed by atoms with van der Waals surface area (Å²) in [7, 11) is 1.52. The van der Waals surface area contributed by atoms with Crippen LogP contribution in [0.25, 0.3) is 0 Å². The predicted molar refractivity (Wildman–Crippen MR) is 82.1 cm³/mol. The molecule has 104 valence electrons. The first-order valence-electron chi connectivity index (χ1n) is 5.75. The lowest BCUT2D eigenvalue weighted by molar-refractivity contribution is 0.262. The van der Waals surface area contributed by atoms with Crippen molar-refractivity contribution in [3.63, 3.8) is 0 Å². The Bertz CT molecular complexity index is 632. The number of anilines is 2. The first kappa shape index (κ1) is 14.5. The number of urea groups is 1. The summed E-state index contributed by atoms with van der Waals surface area (Å²) in [5.74, 6) is 0.524. The molecule has 0 aliphatic rings. The highest BCUT2D eigenvalue weighted by Crippen LogP contribution is 2.27. The van der Waals surface area contributed by atoms with Crippen molar-refractivity contribution in [1.82, 2.24) is 0 Å². The van der Waals surface area contributed by atoms with Crippen molar-refractivity contribution in [3.05, 3.63) is 52.5 Å². The minimum atomic E-state index is -0.409. The largest absolute Gasteiger partial charge is 0.495 e. The molecule has 0 bridgehead atoms. The van der Waals surface area contributed by atoms with Crippen molar-refractivity contribution in [1.29, 1.82) is 0 Å². The Hall–Kier alpha value is -1.91. The zero-order valence-electron chi connectivity index (χ0n) is 10.6. The third-order valence-electron chi connectivity index (χ3n) is 2.49. The lowest BCUT2D eigenvalue weighted by Gasteiger charge is -2.11. The highest BCUT2D eigenvalue weighted by atomic mass is 35.5. The number of halogens is 2. The molecule has 0 aromatic heterocycles. The van der Waals surface area contributed by atoms with Gasteiger partial charge in [-0.2, -0.15) is 0 Å². The topological polar surface area (TPSA) is 50.4 Å². The van der Waals surface area contributed by atoms with E-state index in [1.54, 1.807) is 42.5 Å². The van der Waals surface area contributed by atoms with Gasteiger partial charge in [0.2, 0.25) is 0 Å². The maximum absolute atomic E-state index is 11.9. The molecule has 2 amide bonds. The van der Waals surface area contributed by atoms with E-state index in [-0.39, 0.29) is 0 Å². The number of nitrogens with one attached hydrogen (secondary N) is 2. The van der Waals surface area contributed by atoms with Gasteiger partial charge in [0.05, 0.1) is 12.8 Å². The van der Waals surface area contributed by atoms with Crippen LogP contribution in [0, 0.1) is 0 Å². The Labute approximate surface area is 126 Å². The highest BCUT2D eigenvalue weighted by Gasteiger charge is 2.08. The third kappa shape index (κ3) is 3.79. The summed E-state index contributed by atoms with van der Waals surface area (Å²) in [5, 5.41) is 6.38. The van der Waals surface area contributed by atoms with E-state index in [9.17, 15) is 4.79 Å². The molecule has 2 N–H and O–H groups in total. The summed E-state index contributed by atoms with van der Waals surface area (Å²) >= 11 is 11.7. The number of benzene rings is 2. The molecule has 0 atom stereocenters. The van der Waals surface area contributed by atoms with Crippen LogP contribution < -0.4 is 15.4 Å². The van der Waals surface area contributed by atoms with Crippen LogP contribution in [0.2, 0.25) is 10.0 Å². The van der Waals surface area contributed by atoms with Gasteiger partial charge in [-0.3, -0.25) is 0 Å². The lowest BCUT2D eigenvalue weighted by Crippen LogP contribution is -2.19. The molecule has 0 saturated heterocycles. The molecule has 2 aromatic rings. The van der Waals surface area contributed by atoms with Gasteiger partial charge in [-0.1, -0.05) is 29.3 Å². The average Bonchev–Trinajstić information content (AvgIpc) is 2.38. The highest BCUT2D eigenvalue weighted by molar-refractivity contribution is 6.31. The minimum Gasteiger partial charge on any atom is -0.495 e. The fourth-order valence-corrected chi connectivity index (χ4v) is 1.99. The second-order valence-corrected chi connectivity index (χ2v) is 4.81. The molecule has 0 aliphatic heterocycles. The first-order chi connectivity index (χ1) is 9.58. The summed E-state index contributed by atoms with van der Waals surface area (Å²) in [6.45, 7) is 0. The Morgan fingerprint density at radius 1 is 1.05 bits per heavy atom. The van der Waals surface area contributed by atoms with Crippen LogP contribution in [0.15, 0.2) is 42.5 Å². The molecule has 0 saturated carbocycles. The molecule has 0 spiro atoms. The van der Waals surface area contributed by atoms with E-state index in [0.717, 1.165) is 0 Å². The molecule has 2 aromatic carbocycles. The molecule has 0 fully saturated rings. The number of hydrogen-bond acceptors (Lipinski definition) is 2. The SMILES string of the molecule is COc1ccc(Cl)cc1NC(=O)Nc1cccc(Cl)c1. The summed E-state index contributed by atoms with van der Waals surface area (Å²) < 4.78 is 5.15. The minimum absolute atomic E-state index is 0.409. The van der Waals surface area contributed by atoms with Crippen LogP contribution in [0.5, 0.6) is 5.75 Å². The summed E-state index contributed by atoms with van der Waals surface area (Å²) in [6.07, 6.45) is 0. The van der Waals surface area contributed by atoms with Gasteiger partial charge >= 0.3 is 6.03 Å². The van der Waals surface area contributed by atoms with E-state index >= 15 is 0 Å². The Kier molecular flexibility index (Phi) is 4.71. The Morgan fingerprint density at radius 3 is 2.50 bits per heavy atom. The second kappa shape index (κ2) is 6.50. The Balaban J connectivity index is 2.10. The van der Waals surface area contributed by atoms with Gasteiger partial charge < -0.3 is 15.4 Å². The van der Waals surface area contributed by atoms with Crippen LogP contribution in [0.4, 0.5) is 16.2 Å². The van der Waals surface area contributed by atoms with Crippen molar-refractivity contribution >= 4 is 40.6 Å². The molecule has 0 unspecified atom stereocenters. The van der Waals surface area contributed by atoms with Crippen LogP contribution in [0.1, 0.15) is 0 Å². The van der Waals surface area contributed by atoms with E-state index in [2.05, 4.69) is 10.6 Å². The quantitative estimate of drug-likeness (QED) is 0.867. The molecular weight excluding hydrogens is 299 g/mol. The second-order valence-electron chi connectivity index (χ2n) is 3.93. The predicted octanol–water partition coefficient (Wildman–Crippen LogP) is 4.65. The van der Waals surface area contributed by atoms with Crippen LogP contribution in [0.3, 0.4) is 0 Å². The van der Waals surface area contributed by atoms with Crippen molar-refractivity contribution in [2.75, 3.05) is 17.7 Å². The van der Waals surface area contributed by atoms with Gasteiger partial charge in [0.1, 0.15) is 5.75 Å². The zero-order valence-corrected chi connectivity index (χ0v) is 12.1. The van der Waals surface area contributed by atoms with Crippen molar-refractivity contribution in [2.24, 2.45) is 0 Å². The average molecular weight is 311 g/mol. The van der Waals surface area contributed by atoms with Crippen LogP contribution in [-0.2, 0) is 0 Å². The van der Waals surface area contributed by atoms with E-state index in [1.165, 1.54) is 7.11 Å².